The summed E-state index contributed by atoms with van der Waals surface area (Å²) in [5, 5.41) is 9.04. The summed E-state index contributed by atoms with van der Waals surface area (Å²) < 4.78 is 1.35. The number of carbonyl (C=O) groups excluding carboxylic acids is 1. The number of rotatable bonds is 3. The molecule has 2 aromatic carbocycles. The molecule has 2 bridgehead atoms. The summed E-state index contributed by atoms with van der Waals surface area (Å²) in [4.78, 5) is 29.6. The van der Waals surface area contributed by atoms with Gasteiger partial charge in [-0.3, -0.25) is 14.6 Å². The Morgan fingerprint density at radius 3 is 2.65 bits per heavy atom. The number of aryl methyl sites for hydroxylation is 1. The van der Waals surface area contributed by atoms with Crippen molar-refractivity contribution in [3.05, 3.63) is 64.8 Å². The first kappa shape index (κ1) is 24.3. The van der Waals surface area contributed by atoms with E-state index in [1.807, 2.05) is 35.6 Å². The molecule has 2 aliphatic rings. The van der Waals surface area contributed by atoms with Gasteiger partial charge in [-0.25, -0.2) is 9.97 Å². The Labute approximate surface area is 221 Å². The Hall–Kier alpha value is -3.07. The van der Waals surface area contributed by atoms with Crippen LogP contribution in [0.15, 0.2) is 48.5 Å². The minimum atomic E-state index is -0.362. The number of nitrogens with one attached hydrogen (secondary N) is 2. The number of carbonyl (C=O) groups is 1. The molecule has 37 heavy (non-hydrogen) atoms. The monoisotopic (exact) mass is 514 g/mol. The summed E-state index contributed by atoms with van der Waals surface area (Å²) in [5.74, 6) is 1.69. The number of benzene rings is 2. The van der Waals surface area contributed by atoms with Crippen LogP contribution in [0.3, 0.4) is 0 Å². The molecule has 0 radical (unpaired) electrons. The molecule has 2 N–H and O–H groups in total. The fourth-order valence-corrected chi connectivity index (χ4v) is 6.83. The van der Waals surface area contributed by atoms with Gasteiger partial charge in [0, 0.05) is 53.7 Å². The minimum absolute atomic E-state index is 0.0265. The summed E-state index contributed by atoms with van der Waals surface area (Å²) in [7, 11) is 0. The first-order chi connectivity index (χ1) is 18.0. The zero-order valence-electron chi connectivity index (χ0n) is 21.7. The van der Waals surface area contributed by atoms with E-state index in [-0.39, 0.29) is 23.9 Å². The predicted molar refractivity (Wildman–Crippen MR) is 151 cm³/mol. The molecule has 2 aliphatic heterocycles. The van der Waals surface area contributed by atoms with Crippen molar-refractivity contribution >= 4 is 44.1 Å². The van der Waals surface area contributed by atoms with Crippen LogP contribution in [-0.2, 0) is 17.9 Å². The van der Waals surface area contributed by atoms with Gasteiger partial charge in [-0.05, 0) is 42.0 Å². The predicted octanol–water partition coefficient (Wildman–Crippen LogP) is 4.41. The van der Waals surface area contributed by atoms with E-state index in [1.54, 1.807) is 0 Å². The highest BCUT2D eigenvalue weighted by Crippen LogP contribution is 2.32. The number of piperazine rings is 1. The van der Waals surface area contributed by atoms with E-state index in [0.29, 0.717) is 13.1 Å². The van der Waals surface area contributed by atoms with Gasteiger partial charge >= 0.3 is 0 Å². The number of hydrogen-bond donors (Lipinski definition) is 2. The van der Waals surface area contributed by atoms with Crippen molar-refractivity contribution in [2.75, 3.05) is 31.5 Å². The van der Waals surface area contributed by atoms with Gasteiger partial charge in [0.2, 0.25) is 5.91 Å². The van der Waals surface area contributed by atoms with Gasteiger partial charge in [-0.1, -0.05) is 44.2 Å². The lowest BCUT2D eigenvalue weighted by Gasteiger charge is -2.41. The summed E-state index contributed by atoms with van der Waals surface area (Å²) >= 11 is 1.90. The van der Waals surface area contributed by atoms with Crippen molar-refractivity contribution in [1.82, 2.24) is 25.1 Å². The average molecular weight is 515 g/mol. The third-order valence-corrected chi connectivity index (χ3v) is 9.00. The van der Waals surface area contributed by atoms with Crippen LogP contribution < -0.4 is 10.6 Å². The normalized spacial score (nSPS) is 21.5. The van der Waals surface area contributed by atoms with E-state index >= 15 is 0 Å². The van der Waals surface area contributed by atoms with Gasteiger partial charge < -0.3 is 10.6 Å². The maximum Gasteiger partial charge on any atom is 0.242 e. The van der Waals surface area contributed by atoms with Crippen molar-refractivity contribution in [2.45, 2.75) is 45.9 Å². The summed E-state index contributed by atoms with van der Waals surface area (Å²) in [6, 6.07) is 16.5. The van der Waals surface area contributed by atoms with Crippen LogP contribution >= 0.6 is 11.3 Å². The molecule has 0 aliphatic carbocycles. The smallest absolute Gasteiger partial charge is 0.242 e. The topological polar surface area (TPSA) is 73.4 Å². The molecular weight excluding hydrogens is 480 g/mol. The summed E-state index contributed by atoms with van der Waals surface area (Å²) in [6.07, 6.45) is 0. The fourth-order valence-electron chi connectivity index (χ4n) is 5.58. The van der Waals surface area contributed by atoms with Crippen LogP contribution in [0.1, 0.15) is 30.1 Å². The molecule has 4 aromatic rings. The zero-order valence-corrected chi connectivity index (χ0v) is 22.5. The number of hydrogen-bond acceptors (Lipinski definition) is 7. The standard InChI is InChI=1S/C29H34N6OS/c1-18(2)27-29(36)30-14-20-15-34(16-25-19(3)21-8-5-7-11-24(21)37-25)12-13-35(20)17-26-31-23-10-6-4-9-22(23)28(32-26)33-27/h4-11,18,20,27H,12-17H2,1-3H3,(H,30,36)(H,31,32,33)/t20?,27-/m0/s1. The van der Waals surface area contributed by atoms with Gasteiger partial charge in [0.05, 0.1) is 12.1 Å². The lowest BCUT2D eigenvalue weighted by molar-refractivity contribution is -0.123. The van der Waals surface area contributed by atoms with Crippen LogP contribution in [-0.4, -0.2) is 63.9 Å². The van der Waals surface area contributed by atoms with E-state index < -0.39 is 0 Å². The third kappa shape index (κ3) is 4.81. The number of aromatic nitrogens is 2. The Bertz CT molecular complexity index is 1450. The second-order valence-electron chi connectivity index (χ2n) is 10.6. The van der Waals surface area contributed by atoms with E-state index in [4.69, 9.17) is 9.97 Å². The van der Waals surface area contributed by atoms with Crippen molar-refractivity contribution < 1.29 is 4.79 Å². The van der Waals surface area contributed by atoms with Gasteiger partial charge in [0.25, 0.3) is 0 Å². The number of fused-ring (bicyclic) bond motifs is 6. The Morgan fingerprint density at radius 1 is 1.05 bits per heavy atom. The van der Waals surface area contributed by atoms with Crippen LogP contribution in [0.25, 0.3) is 21.0 Å². The van der Waals surface area contributed by atoms with E-state index in [0.717, 1.165) is 48.7 Å². The number of nitrogens with zero attached hydrogens (tertiary/aromatic N) is 4. The fraction of sp³-hybridized carbons (Fsp3) is 0.414. The quantitative estimate of drug-likeness (QED) is 0.422. The molecule has 2 atom stereocenters. The molecular formula is C29H34N6OS. The van der Waals surface area contributed by atoms with Crippen LogP contribution in [0, 0.1) is 12.8 Å². The molecule has 0 saturated carbocycles. The van der Waals surface area contributed by atoms with Gasteiger partial charge in [0.1, 0.15) is 17.7 Å². The Kier molecular flexibility index (Phi) is 6.56. The molecule has 6 rings (SSSR count). The molecule has 192 valence electrons. The average Bonchev–Trinajstić information content (AvgIpc) is 3.20. The lowest BCUT2D eigenvalue weighted by atomic mass is 10.0. The highest BCUT2D eigenvalue weighted by Gasteiger charge is 2.31. The van der Waals surface area contributed by atoms with Gasteiger partial charge in [0.15, 0.2) is 0 Å². The zero-order chi connectivity index (χ0) is 25.5. The van der Waals surface area contributed by atoms with Gasteiger partial charge in [-0.15, -0.1) is 11.3 Å². The maximum atomic E-state index is 13.4. The van der Waals surface area contributed by atoms with E-state index in [2.05, 4.69) is 65.5 Å². The molecule has 1 saturated heterocycles. The summed E-state index contributed by atoms with van der Waals surface area (Å²) in [6.45, 7) is 11.4. The molecule has 4 heterocycles. The van der Waals surface area contributed by atoms with Crippen molar-refractivity contribution in [1.29, 1.82) is 0 Å². The molecule has 1 unspecified atom stereocenters. The van der Waals surface area contributed by atoms with Crippen molar-refractivity contribution in [2.24, 2.45) is 5.92 Å². The lowest BCUT2D eigenvalue weighted by Crippen LogP contribution is -2.57. The van der Waals surface area contributed by atoms with Crippen LogP contribution in [0.5, 0.6) is 0 Å². The molecule has 8 heteroatoms. The second-order valence-corrected chi connectivity index (χ2v) is 11.8. The molecule has 1 fully saturated rings. The second kappa shape index (κ2) is 10.0. The number of thiophene rings is 1. The van der Waals surface area contributed by atoms with Crippen LogP contribution in [0.4, 0.5) is 5.82 Å². The largest absolute Gasteiger partial charge is 0.358 e. The Balaban J connectivity index is 1.29. The van der Waals surface area contributed by atoms with Crippen LogP contribution in [0.2, 0.25) is 0 Å². The van der Waals surface area contributed by atoms with Crippen molar-refractivity contribution in [3.8, 4) is 0 Å². The SMILES string of the molecule is Cc1c(CN2CCN3Cc4nc(c5ccccc5n4)N[C@@H](C(C)C)C(=O)NCC3C2)sc2ccccc12. The first-order valence-electron chi connectivity index (χ1n) is 13.2. The number of amides is 1. The molecule has 0 spiro atoms. The molecule has 7 nitrogen and oxygen atoms in total. The van der Waals surface area contributed by atoms with E-state index in [1.165, 1.54) is 20.5 Å². The summed E-state index contributed by atoms with van der Waals surface area (Å²) in [5.41, 5.74) is 2.30. The van der Waals surface area contributed by atoms with E-state index in [9.17, 15) is 4.79 Å². The molecule has 2 aromatic heterocycles. The first-order valence-corrected chi connectivity index (χ1v) is 14.0. The highest BCUT2D eigenvalue weighted by atomic mass is 32.1. The minimum Gasteiger partial charge on any atom is -0.358 e. The third-order valence-electron chi connectivity index (χ3n) is 7.75. The highest BCUT2D eigenvalue weighted by molar-refractivity contribution is 7.19. The number of para-hydroxylation sites is 1. The Morgan fingerprint density at radius 2 is 1.84 bits per heavy atom. The van der Waals surface area contributed by atoms with Crippen molar-refractivity contribution in [3.63, 3.8) is 0 Å². The van der Waals surface area contributed by atoms with Gasteiger partial charge in [-0.2, -0.15) is 0 Å². The molecule has 1 amide bonds. The maximum absolute atomic E-state index is 13.4. The number of anilines is 1.